The first kappa shape index (κ1) is 21.6. The van der Waals surface area contributed by atoms with E-state index in [1.165, 1.54) is 0 Å². The lowest BCUT2D eigenvalue weighted by atomic mass is 9.40. The average molecular weight is 438 g/mol. The van der Waals surface area contributed by atoms with Gasteiger partial charge in [0.15, 0.2) is 0 Å². The lowest BCUT2D eigenvalue weighted by Crippen LogP contribution is -2.58. The van der Waals surface area contributed by atoms with Crippen molar-refractivity contribution in [3.63, 3.8) is 0 Å². The summed E-state index contributed by atoms with van der Waals surface area (Å²) >= 11 is 0. The van der Waals surface area contributed by atoms with Crippen LogP contribution in [0.2, 0.25) is 0 Å². The molecule has 172 valence electrons. The number of carboxylic acid groups (broad SMARTS) is 1. The highest BCUT2D eigenvalue weighted by atomic mass is 16.4. The van der Waals surface area contributed by atoms with Crippen LogP contribution in [0.1, 0.15) is 89.0 Å². The van der Waals surface area contributed by atoms with E-state index in [1.54, 1.807) is 24.4 Å². The number of pyridine rings is 1. The van der Waals surface area contributed by atoms with Crippen LogP contribution in [0, 0.1) is 33.5 Å². The molecule has 1 amide bonds. The van der Waals surface area contributed by atoms with Crippen molar-refractivity contribution >= 4 is 17.6 Å². The highest BCUT2D eigenvalue weighted by Crippen LogP contribution is 2.73. The molecule has 1 heterocycles. The van der Waals surface area contributed by atoms with Crippen LogP contribution in [0.3, 0.4) is 0 Å². The molecule has 6 heteroatoms. The van der Waals surface area contributed by atoms with E-state index in [0.29, 0.717) is 11.6 Å². The molecular formula is C26H35N3O3. The third-order valence-corrected chi connectivity index (χ3v) is 10.1. The fraction of sp³-hybridized carbons (Fsp3) is 0.692. The maximum absolute atomic E-state index is 12.5. The Kier molecular flexibility index (Phi) is 4.81. The first-order valence-corrected chi connectivity index (χ1v) is 12.1. The summed E-state index contributed by atoms with van der Waals surface area (Å²) in [5.41, 5.74) is 3.92. The van der Waals surface area contributed by atoms with Crippen LogP contribution in [0.25, 0.3) is 0 Å². The summed E-state index contributed by atoms with van der Waals surface area (Å²) in [4.78, 5) is 28.9. The highest BCUT2D eigenvalue weighted by Gasteiger charge is 2.67. The van der Waals surface area contributed by atoms with Gasteiger partial charge in [0.1, 0.15) is 5.69 Å². The number of rotatable bonds is 3. The van der Waals surface area contributed by atoms with E-state index in [-0.39, 0.29) is 28.1 Å². The Morgan fingerprint density at radius 2 is 1.88 bits per heavy atom. The van der Waals surface area contributed by atoms with Crippen LogP contribution in [0.4, 0.5) is 0 Å². The number of amides is 1. The van der Waals surface area contributed by atoms with Gasteiger partial charge in [-0.1, -0.05) is 26.3 Å². The topological polar surface area (TPSA) is 91.6 Å². The van der Waals surface area contributed by atoms with Gasteiger partial charge in [-0.15, -0.1) is 0 Å². The molecule has 0 radical (unpaired) electrons. The Morgan fingerprint density at radius 3 is 2.59 bits per heavy atom. The second kappa shape index (κ2) is 7.13. The van der Waals surface area contributed by atoms with Crippen LogP contribution in [0.15, 0.2) is 29.5 Å². The molecule has 6 atom stereocenters. The minimum absolute atomic E-state index is 0.0157. The zero-order valence-electron chi connectivity index (χ0n) is 19.5. The largest absolute Gasteiger partial charge is 0.481 e. The minimum atomic E-state index is -0.615. The van der Waals surface area contributed by atoms with Crippen molar-refractivity contribution in [1.82, 2.24) is 10.4 Å². The third kappa shape index (κ3) is 2.97. The number of aromatic nitrogens is 1. The predicted octanol–water partition coefficient (Wildman–Crippen LogP) is 5.06. The van der Waals surface area contributed by atoms with Gasteiger partial charge in [0, 0.05) is 17.3 Å². The average Bonchev–Trinajstić information content (AvgIpc) is 2.96. The number of nitrogens with one attached hydrogen (secondary N) is 1. The molecule has 4 fully saturated rings. The van der Waals surface area contributed by atoms with E-state index in [0.717, 1.165) is 63.5 Å². The molecule has 4 aliphatic rings. The molecule has 0 aromatic carbocycles. The van der Waals surface area contributed by atoms with E-state index >= 15 is 0 Å². The molecule has 2 bridgehead atoms. The van der Waals surface area contributed by atoms with Gasteiger partial charge in [-0.3, -0.25) is 14.6 Å². The molecule has 0 saturated heterocycles. The number of hydrogen-bond donors (Lipinski definition) is 2. The fourth-order valence-electron chi connectivity index (χ4n) is 8.63. The molecule has 5 rings (SSSR count). The van der Waals surface area contributed by atoms with Crippen molar-refractivity contribution in [2.45, 2.75) is 78.6 Å². The van der Waals surface area contributed by atoms with Crippen LogP contribution in [-0.4, -0.2) is 27.7 Å². The van der Waals surface area contributed by atoms with Gasteiger partial charge in [-0.2, -0.15) is 5.10 Å². The van der Waals surface area contributed by atoms with Gasteiger partial charge in [0.05, 0.1) is 5.41 Å². The van der Waals surface area contributed by atoms with Gasteiger partial charge >= 0.3 is 5.97 Å². The molecule has 2 unspecified atom stereocenters. The maximum atomic E-state index is 12.5. The fourth-order valence-corrected chi connectivity index (χ4v) is 8.63. The van der Waals surface area contributed by atoms with E-state index in [2.05, 4.69) is 29.4 Å². The minimum Gasteiger partial charge on any atom is -0.481 e. The Labute approximate surface area is 190 Å². The van der Waals surface area contributed by atoms with Crippen molar-refractivity contribution in [3.05, 3.63) is 30.1 Å². The van der Waals surface area contributed by atoms with E-state index < -0.39 is 11.4 Å². The summed E-state index contributed by atoms with van der Waals surface area (Å²) in [5, 5.41) is 14.8. The maximum Gasteiger partial charge on any atom is 0.309 e. The Bertz CT molecular complexity index is 978. The zero-order chi connectivity index (χ0) is 22.8. The summed E-state index contributed by atoms with van der Waals surface area (Å²) < 4.78 is 0. The second-order valence-corrected chi connectivity index (χ2v) is 11.8. The second-order valence-electron chi connectivity index (χ2n) is 11.8. The van der Waals surface area contributed by atoms with Crippen molar-refractivity contribution in [1.29, 1.82) is 0 Å². The Balaban J connectivity index is 1.42. The summed E-state index contributed by atoms with van der Waals surface area (Å²) in [7, 11) is 0. The Morgan fingerprint density at radius 1 is 1.09 bits per heavy atom. The first-order chi connectivity index (χ1) is 15.1. The number of carboxylic acids is 1. The molecule has 4 aliphatic carbocycles. The van der Waals surface area contributed by atoms with Gasteiger partial charge in [0.2, 0.25) is 0 Å². The van der Waals surface area contributed by atoms with E-state index in [4.69, 9.17) is 0 Å². The number of fused-ring (bicyclic) bond motifs is 3. The predicted molar refractivity (Wildman–Crippen MR) is 122 cm³/mol. The van der Waals surface area contributed by atoms with E-state index in [9.17, 15) is 14.7 Å². The number of aliphatic carboxylic acids is 1. The van der Waals surface area contributed by atoms with Crippen LogP contribution < -0.4 is 5.43 Å². The van der Waals surface area contributed by atoms with Gasteiger partial charge in [-0.05, 0) is 93.1 Å². The zero-order valence-corrected chi connectivity index (χ0v) is 19.5. The molecule has 6 nitrogen and oxygen atoms in total. The quantitative estimate of drug-likeness (QED) is 0.647. The molecule has 4 saturated carbocycles. The van der Waals surface area contributed by atoms with Crippen LogP contribution in [-0.2, 0) is 4.79 Å². The van der Waals surface area contributed by atoms with Gasteiger partial charge in [0.25, 0.3) is 5.91 Å². The molecule has 1 aromatic rings. The summed E-state index contributed by atoms with van der Waals surface area (Å²) in [6.07, 6.45) is 10.8. The number of carbonyl (C=O) groups is 2. The normalized spacial score (nSPS) is 43.9. The van der Waals surface area contributed by atoms with Crippen LogP contribution >= 0.6 is 0 Å². The molecule has 32 heavy (non-hydrogen) atoms. The molecule has 1 spiro atoms. The van der Waals surface area contributed by atoms with Crippen molar-refractivity contribution in [2.24, 2.45) is 38.6 Å². The monoisotopic (exact) mass is 437 g/mol. The third-order valence-electron chi connectivity index (χ3n) is 10.1. The molecule has 0 aliphatic heterocycles. The lowest BCUT2D eigenvalue weighted by molar-refractivity contribution is -0.182. The molecule has 1 aromatic heterocycles. The smallest absolute Gasteiger partial charge is 0.309 e. The van der Waals surface area contributed by atoms with Crippen molar-refractivity contribution in [3.8, 4) is 0 Å². The first-order valence-electron chi connectivity index (χ1n) is 12.1. The SMILES string of the molecule is C[C@@]12CCC3[C@@](CCC4[C@@]3(C)CCC[C@@]4(C)C(=O)O)(CC1=NNC(=O)c1ccccn1)C2. The number of hydrazone groups is 1. The van der Waals surface area contributed by atoms with Crippen molar-refractivity contribution in [2.75, 3.05) is 0 Å². The highest BCUT2D eigenvalue weighted by molar-refractivity contribution is 5.96. The molecular weight excluding hydrogens is 402 g/mol. The summed E-state index contributed by atoms with van der Waals surface area (Å²) in [6, 6.07) is 5.29. The summed E-state index contributed by atoms with van der Waals surface area (Å²) in [5.74, 6) is -0.112. The van der Waals surface area contributed by atoms with E-state index in [1.807, 2.05) is 6.92 Å². The number of carbonyl (C=O) groups excluding carboxylic acids is 1. The van der Waals surface area contributed by atoms with Crippen molar-refractivity contribution < 1.29 is 14.7 Å². The Hall–Kier alpha value is -2.24. The molecule has 2 N–H and O–H groups in total. The number of nitrogens with zero attached hydrogens (tertiary/aromatic N) is 2. The van der Waals surface area contributed by atoms with Gasteiger partial charge < -0.3 is 5.11 Å². The van der Waals surface area contributed by atoms with Crippen LogP contribution in [0.5, 0.6) is 0 Å². The van der Waals surface area contributed by atoms with Gasteiger partial charge in [-0.25, -0.2) is 5.43 Å². The number of hydrogen-bond acceptors (Lipinski definition) is 4. The summed E-state index contributed by atoms with van der Waals surface area (Å²) in [6.45, 7) is 6.70. The lowest BCUT2D eigenvalue weighted by Gasteiger charge is -2.63. The standard InChI is InChI=1S/C26H35N3O3/c1-23-12-8-19-24(2)10-6-11-25(3,22(31)32)18(24)9-13-26(19,16-23)15-20(23)28-29-21(30)17-7-4-5-14-27-17/h4-5,7,14,18-19H,6,8-13,15-16H2,1-3H3,(H,29,30)(H,31,32)/t18?,19?,23-,24+,25+,26-/m0/s1.